The van der Waals surface area contributed by atoms with E-state index in [9.17, 15) is 19.3 Å². The first kappa shape index (κ1) is 19.3. The van der Waals surface area contributed by atoms with Crippen LogP contribution >= 0.6 is 11.9 Å². The summed E-state index contributed by atoms with van der Waals surface area (Å²) >= 11 is 0.695. The number of amides is 2. The van der Waals surface area contributed by atoms with Gasteiger partial charge in [-0.25, -0.2) is 4.79 Å². The van der Waals surface area contributed by atoms with Crippen LogP contribution in [0.5, 0.6) is 0 Å². The third-order valence-corrected chi connectivity index (χ3v) is 3.41. The van der Waals surface area contributed by atoms with Gasteiger partial charge >= 0.3 is 5.97 Å². The molecule has 9 nitrogen and oxygen atoms in total. The number of nitroso groups, excluding NO2 is 1. The van der Waals surface area contributed by atoms with Gasteiger partial charge in [0.05, 0.1) is 0 Å². The van der Waals surface area contributed by atoms with E-state index in [4.69, 9.17) is 16.6 Å². The van der Waals surface area contributed by atoms with E-state index in [0.717, 1.165) is 0 Å². The van der Waals surface area contributed by atoms with Crippen LogP contribution in [0.3, 0.4) is 0 Å². The maximum absolute atomic E-state index is 12.0. The Morgan fingerprint density at radius 1 is 1.29 bits per heavy atom. The lowest BCUT2D eigenvalue weighted by molar-refractivity contribution is -0.142. The Balaban J connectivity index is 4.60. The van der Waals surface area contributed by atoms with Gasteiger partial charge in [0.15, 0.2) is 0 Å². The Morgan fingerprint density at radius 2 is 1.95 bits per heavy atom. The third-order valence-electron chi connectivity index (χ3n) is 2.75. The number of hydrogen-bond donors (Lipinski definition) is 4. The van der Waals surface area contributed by atoms with E-state index in [-0.39, 0.29) is 18.6 Å². The molecule has 0 aromatic heterocycles. The topological polar surface area (TPSA) is 165 Å². The number of nitrogens with zero attached hydrogens (tertiary/aromatic N) is 1. The van der Waals surface area contributed by atoms with Crippen molar-refractivity contribution in [2.75, 3.05) is 12.3 Å². The fourth-order valence-corrected chi connectivity index (χ4v) is 2.17. The molecule has 0 heterocycles. The van der Waals surface area contributed by atoms with Crippen molar-refractivity contribution in [2.24, 2.45) is 22.0 Å². The third kappa shape index (κ3) is 8.97. The number of nitrogens with one attached hydrogen (secondary N) is 1. The molecule has 0 bridgehead atoms. The number of carboxylic acid groups (broad SMARTS) is 1. The second-order valence-electron chi connectivity index (χ2n) is 4.40. The van der Waals surface area contributed by atoms with Crippen LogP contribution in [0.25, 0.3) is 0 Å². The van der Waals surface area contributed by atoms with Crippen LogP contribution in [-0.2, 0) is 14.4 Å². The summed E-state index contributed by atoms with van der Waals surface area (Å²) in [6.45, 7) is 0.382. The molecule has 0 saturated carbocycles. The van der Waals surface area contributed by atoms with Crippen LogP contribution < -0.4 is 16.8 Å². The van der Waals surface area contributed by atoms with Crippen molar-refractivity contribution in [3.63, 3.8) is 0 Å². The summed E-state index contributed by atoms with van der Waals surface area (Å²) in [6, 6.07) is -1.19. The highest BCUT2D eigenvalue weighted by molar-refractivity contribution is 7.97. The average Bonchev–Trinajstić information content (AvgIpc) is 2.42. The summed E-state index contributed by atoms with van der Waals surface area (Å²) in [5, 5.41) is 11.4. The minimum Gasteiger partial charge on any atom is -0.480 e. The normalized spacial score (nSPS) is 13.2. The van der Waals surface area contributed by atoms with Crippen LogP contribution in [0.1, 0.15) is 25.7 Å². The number of primary amides is 1. The van der Waals surface area contributed by atoms with Crippen molar-refractivity contribution in [3.05, 3.63) is 4.91 Å². The van der Waals surface area contributed by atoms with Gasteiger partial charge in [-0.1, -0.05) is 0 Å². The van der Waals surface area contributed by atoms with Crippen molar-refractivity contribution in [1.29, 1.82) is 0 Å². The van der Waals surface area contributed by atoms with E-state index in [1.54, 1.807) is 0 Å². The zero-order valence-electron chi connectivity index (χ0n) is 11.5. The first-order valence-electron chi connectivity index (χ1n) is 6.38. The highest BCUT2D eigenvalue weighted by atomic mass is 32.2. The number of rotatable bonds is 12. The minimum absolute atomic E-state index is 0.0842. The van der Waals surface area contributed by atoms with E-state index in [2.05, 4.69) is 9.90 Å². The van der Waals surface area contributed by atoms with Crippen LogP contribution in [0, 0.1) is 10.8 Å². The zero-order valence-corrected chi connectivity index (χ0v) is 12.3. The SMILES string of the molecule is NCCCC(CSN=O)C(=O)N[C@@H](CCC(N)=O)C(=O)O. The number of carbonyl (C=O) groups is 3. The molecule has 1 unspecified atom stereocenters. The van der Waals surface area contributed by atoms with Crippen molar-refractivity contribution in [1.82, 2.24) is 5.32 Å². The van der Waals surface area contributed by atoms with Gasteiger partial charge in [0.25, 0.3) is 0 Å². The summed E-state index contributed by atoms with van der Waals surface area (Å²) in [5.41, 5.74) is 10.3. The summed E-state index contributed by atoms with van der Waals surface area (Å²) in [7, 11) is 0. The molecule has 6 N–H and O–H groups in total. The van der Waals surface area contributed by atoms with Gasteiger partial charge in [0, 0.05) is 34.6 Å². The van der Waals surface area contributed by atoms with Crippen molar-refractivity contribution in [3.8, 4) is 0 Å². The number of aliphatic carboxylic acids is 1. The van der Waals surface area contributed by atoms with Gasteiger partial charge in [-0.15, -0.1) is 4.91 Å². The smallest absolute Gasteiger partial charge is 0.326 e. The molecule has 0 aliphatic carbocycles. The predicted octanol–water partition coefficient (Wildman–Crippen LogP) is -0.409. The Morgan fingerprint density at radius 3 is 2.43 bits per heavy atom. The van der Waals surface area contributed by atoms with Crippen LogP contribution in [0.15, 0.2) is 4.58 Å². The van der Waals surface area contributed by atoms with Crippen LogP contribution in [0.2, 0.25) is 0 Å². The largest absolute Gasteiger partial charge is 0.480 e. The van der Waals surface area contributed by atoms with E-state index in [0.29, 0.717) is 31.3 Å². The van der Waals surface area contributed by atoms with Crippen LogP contribution in [0.4, 0.5) is 0 Å². The molecule has 2 amide bonds. The van der Waals surface area contributed by atoms with Crippen molar-refractivity contribution >= 4 is 29.7 Å². The maximum Gasteiger partial charge on any atom is 0.326 e. The fourth-order valence-electron chi connectivity index (χ4n) is 1.61. The van der Waals surface area contributed by atoms with Crippen molar-refractivity contribution in [2.45, 2.75) is 31.7 Å². The van der Waals surface area contributed by atoms with Crippen LogP contribution in [-0.4, -0.2) is 41.2 Å². The van der Waals surface area contributed by atoms with Crippen molar-refractivity contribution < 1.29 is 19.5 Å². The molecule has 0 radical (unpaired) electrons. The molecule has 0 aliphatic rings. The monoisotopic (exact) mass is 320 g/mol. The predicted molar refractivity (Wildman–Crippen MR) is 78.0 cm³/mol. The molecule has 0 aliphatic heterocycles. The summed E-state index contributed by atoms with van der Waals surface area (Å²) in [6.07, 6.45) is 0.762. The summed E-state index contributed by atoms with van der Waals surface area (Å²) in [4.78, 5) is 43.9. The number of carboxylic acids is 1. The zero-order chi connectivity index (χ0) is 16.3. The second kappa shape index (κ2) is 11.0. The molecule has 120 valence electrons. The number of nitrogens with two attached hydrogens (primary N) is 2. The average molecular weight is 320 g/mol. The Hall–Kier alpha value is -1.68. The Kier molecular flexibility index (Phi) is 10.1. The van der Waals surface area contributed by atoms with E-state index in [1.165, 1.54) is 0 Å². The minimum atomic E-state index is -1.25. The highest BCUT2D eigenvalue weighted by Crippen LogP contribution is 2.15. The second-order valence-corrected chi connectivity index (χ2v) is 5.14. The standard InChI is InChI=1S/C11H20N4O5S/c12-5-1-2-7(6-21-15-20)10(17)14-8(11(18)19)3-4-9(13)16/h7-8H,1-6,12H2,(H2,13,16)(H,14,17)(H,18,19)/t7?,8-/m0/s1. The first-order chi connectivity index (χ1) is 9.92. The lowest BCUT2D eigenvalue weighted by atomic mass is 10.0. The van der Waals surface area contributed by atoms with Gasteiger partial charge in [0.1, 0.15) is 6.04 Å². The van der Waals surface area contributed by atoms with Gasteiger partial charge < -0.3 is 21.9 Å². The fraction of sp³-hybridized carbons (Fsp3) is 0.727. The summed E-state index contributed by atoms with van der Waals surface area (Å²) in [5.74, 6) is -2.81. The summed E-state index contributed by atoms with van der Waals surface area (Å²) < 4.78 is 2.62. The lowest BCUT2D eigenvalue weighted by Gasteiger charge is -2.19. The molecular formula is C11H20N4O5S. The van der Waals surface area contributed by atoms with Gasteiger partial charge in [-0.3, -0.25) is 9.59 Å². The molecule has 0 spiro atoms. The quantitative estimate of drug-likeness (QED) is 0.280. The lowest BCUT2D eigenvalue weighted by Crippen LogP contribution is -2.44. The molecule has 0 aromatic carbocycles. The molecule has 10 heteroatoms. The van der Waals surface area contributed by atoms with E-state index < -0.39 is 29.7 Å². The molecule has 0 fully saturated rings. The number of carbonyl (C=O) groups excluding carboxylic acids is 2. The van der Waals surface area contributed by atoms with Gasteiger partial charge in [0.2, 0.25) is 11.8 Å². The molecular weight excluding hydrogens is 300 g/mol. The molecule has 0 aromatic rings. The Labute approximate surface area is 126 Å². The maximum atomic E-state index is 12.0. The molecule has 21 heavy (non-hydrogen) atoms. The molecule has 0 saturated heterocycles. The van der Waals surface area contributed by atoms with Gasteiger partial charge in [-0.05, 0) is 25.8 Å². The molecule has 0 rings (SSSR count). The number of hydrogen-bond acceptors (Lipinski definition) is 7. The highest BCUT2D eigenvalue weighted by Gasteiger charge is 2.25. The van der Waals surface area contributed by atoms with E-state index in [1.807, 2.05) is 0 Å². The van der Waals surface area contributed by atoms with E-state index >= 15 is 0 Å². The first-order valence-corrected chi connectivity index (χ1v) is 7.32. The Bertz CT molecular complexity index is 380. The molecule has 2 atom stereocenters. The van der Waals surface area contributed by atoms with Gasteiger partial charge in [-0.2, -0.15) is 0 Å².